The fraction of sp³-hybridized carbons (Fsp3) is 0.143. The largest absolute Gasteiger partial charge is 0.379 e. The van der Waals surface area contributed by atoms with E-state index in [4.69, 9.17) is 0 Å². The van der Waals surface area contributed by atoms with E-state index in [0.717, 1.165) is 29.2 Å². The highest BCUT2D eigenvalue weighted by Gasteiger charge is 2.01. The van der Waals surface area contributed by atoms with Gasteiger partial charge in [-0.1, -0.05) is 12.1 Å². The second kappa shape index (κ2) is 5.08. The number of H-pyrrole nitrogens is 2. The van der Waals surface area contributed by atoms with Crippen LogP contribution in [0.5, 0.6) is 0 Å². The maximum Gasteiger partial charge on any atom is 0.264 e. The van der Waals surface area contributed by atoms with E-state index in [1.54, 1.807) is 6.33 Å². The summed E-state index contributed by atoms with van der Waals surface area (Å²) in [7, 11) is 1.97. The summed E-state index contributed by atoms with van der Waals surface area (Å²) in [6.45, 7) is 0.719. The molecule has 102 valence electrons. The van der Waals surface area contributed by atoms with Gasteiger partial charge in [0.1, 0.15) is 0 Å². The Morgan fingerprint density at radius 1 is 1.25 bits per heavy atom. The fourth-order valence-electron chi connectivity index (χ4n) is 2.00. The molecule has 3 aromatic rings. The van der Waals surface area contributed by atoms with Crippen molar-refractivity contribution < 1.29 is 0 Å². The molecule has 1 aromatic carbocycles. The summed E-state index contributed by atoms with van der Waals surface area (Å²) < 4.78 is 1.98. The van der Waals surface area contributed by atoms with Crippen molar-refractivity contribution in [2.45, 2.75) is 6.54 Å². The van der Waals surface area contributed by atoms with Crippen molar-refractivity contribution >= 4 is 5.69 Å². The molecule has 0 spiro atoms. The van der Waals surface area contributed by atoms with Crippen LogP contribution in [0.1, 0.15) is 5.69 Å². The minimum atomic E-state index is -0.126. The Morgan fingerprint density at radius 3 is 2.65 bits per heavy atom. The Morgan fingerprint density at radius 2 is 2.05 bits per heavy atom. The molecule has 0 fully saturated rings. The van der Waals surface area contributed by atoms with Gasteiger partial charge in [-0.05, 0) is 17.7 Å². The second-order valence-electron chi connectivity index (χ2n) is 4.60. The number of hydrogen-bond acceptors (Lipinski definition) is 3. The number of benzene rings is 1. The summed E-state index contributed by atoms with van der Waals surface area (Å²) in [6, 6.07) is 9.43. The number of aromatic nitrogens is 4. The standard InChI is InChI=1S/C14H15N5O/c1-19-9-15-7-12(19)8-16-11-4-2-10(3-5-11)13-6-14(20)18-17-13/h2-7,9,16H,8H2,1H3,(H2,17,18,20). The molecule has 0 radical (unpaired) electrons. The van der Waals surface area contributed by atoms with Gasteiger partial charge in [-0.2, -0.15) is 0 Å². The van der Waals surface area contributed by atoms with Crippen LogP contribution in [0.3, 0.4) is 0 Å². The second-order valence-corrected chi connectivity index (χ2v) is 4.60. The molecule has 0 aliphatic heterocycles. The number of nitrogens with one attached hydrogen (secondary N) is 3. The number of imidazole rings is 1. The molecule has 0 aliphatic rings. The molecule has 6 heteroatoms. The Balaban J connectivity index is 1.70. The zero-order valence-corrected chi connectivity index (χ0v) is 11.1. The molecular formula is C14H15N5O. The van der Waals surface area contributed by atoms with Crippen LogP contribution in [0.15, 0.2) is 47.7 Å². The molecular weight excluding hydrogens is 254 g/mol. The van der Waals surface area contributed by atoms with Crippen LogP contribution in [0.2, 0.25) is 0 Å². The van der Waals surface area contributed by atoms with Gasteiger partial charge in [0.15, 0.2) is 0 Å². The van der Waals surface area contributed by atoms with E-state index in [-0.39, 0.29) is 5.56 Å². The number of aryl methyl sites for hydroxylation is 1. The quantitative estimate of drug-likeness (QED) is 0.674. The van der Waals surface area contributed by atoms with Gasteiger partial charge < -0.3 is 9.88 Å². The van der Waals surface area contributed by atoms with E-state index in [1.807, 2.05) is 42.1 Å². The van der Waals surface area contributed by atoms with Gasteiger partial charge in [-0.15, -0.1) is 0 Å². The summed E-state index contributed by atoms with van der Waals surface area (Å²) in [5.74, 6) is 0. The first-order chi connectivity index (χ1) is 9.72. The van der Waals surface area contributed by atoms with E-state index in [1.165, 1.54) is 6.07 Å². The summed E-state index contributed by atoms with van der Waals surface area (Å²) in [5.41, 5.74) is 3.76. The minimum absolute atomic E-state index is 0.126. The molecule has 0 saturated carbocycles. The van der Waals surface area contributed by atoms with Gasteiger partial charge in [0, 0.05) is 25.0 Å². The summed E-state index contributed by atoms with van der Waals surface area (Å²) in [6.07, 6.45) is 3.62. The highest BCUT2D eigenvalue weighted by atomic mass is 16.1. The molecule has 2 heterocycles. The first-order valence-electron chi connectivity index (χ1n) is 6.29. The van der Waals surface area contributed by atoms with Crippen molar-refractivity contribution in [3.05, 3.63) is 58.9 Å². The third kappa shape index (κ3) is 2.49. The van der Waals surface area contributed by atoms with Gasteiger partial charge in [-0.25, -0.2) is 4.98 Å². The lowest BCUT2D eigenvalue weighted by molar-refractivity contribution is 0.837. The molecule has 20 heavy (non-hydrogen) atoms. The third-order valence-electron chi connectivity index (χ3n) is 3.18. The lowest BCUT2D eigenvalue weighted by atomic mass is 10.1. The van der Waals surface area contributed by atoms with Crippen LogP contribution in [-0.2, 0) is 13.6 Å². The number of rotatable bonds is 4. The third-order valence-corrected chi connectivity index (χ3v) is 3.18. The van der Waals surface area contributed by atoms with E-state index >= 15 is 0 Å². The Bertz CT molecular complexity index is 750. The monoisotopic (exact) mass is 269 g/mol. The van der Waals surface area contributed by atoms with Gasteiger partial charge in [0.2, 0.25) is 0 Å². The van der Waals surface area contributed by atoms with Crippen LogP contribution in [0.4, 0.5) is 5.69 Å². The van der Waals surface area contributed by atoms with Crippen LogP contribution < -0.4 is 10.9 Å². The van der Waals surface area contributed by atoms with Gasteiger partial charge in [0.05, 0.1) is 24.3 Å². The first kappa shape index (κ1) is 12.3. The van der Waals surface area contributed by atoms with E-state index in [2.05, 4.69) is 20.5 Å². The molecule has 0 unspecified atom stereocenters. The van der Waals surface area contributed by atoms with Crippen LogP contribution in [0, 0.1) is 0 Å². The number of hydrogen-bond donors (Lipinski definition) is 3. The van der Waals surface area contributed by atoms with E-state index < -0.39 is 0 Å². The van der Waals surface area contributed by atoms with E-state index in [0.29, 0.717) is 0 Å². The highest BCUT2D eigenvalue weighted by Crippen LogP contribution is 2.18. The maximum absolute atomic E-state index is 11.1. The molecule has 3 rings (SSSR count). The maximum atomic E-state index is 11.1. The number of nitrogens with zero attached hydrogens (tertiary/aromatic N) is 2. The molecule has 0 amide bonds. The number of anilines is 1. The van der Waals surface area contributed by atoms with Crippen molar-refractivity contribution in [1.29, 1.82) is 0 Å². The normalized spacial score (nSPS) is 10.7. The molecule has 0 bridgehead atoms. The minimum Gasteiger partial charge on any atom is -0.379 e. The van der Waals surface area contributed by atoms with E-state index in [9.17, 15) is 4.79 Å². The first-order valence-corrected chi connectivity index (χ1v) is 6.29. The fourth-order valence-corrected chi connectivity index (χ4v) is 2.00. The van der Waals surface area contributed by atoms with Crippen LogP contribution in [-0.4, -0.2) is 19.7 Å². The van der Waals surface area contributed by atoms with Crippen molar-refractivity contribution in [2.24, 2.45) is 7.05 Å². The summed E-state index contributed by atoms with van der Waals surface area (Å²) in [5, 5.41) is 8.69. The average molecular weight is 269 g/mol. The molecule has 3 N–H and O–H groups in total. The SMILES string of the molecule is Cn1cncc1CNc1ccc(-c2cc(=O)[nH][nH]2)cc1. The molecule has 2 aromatic heterocycles. The number of aromatic amines is 2. The molecule has 0 atom stereocenters. The predicted octanol–water partition coefficient (Wildman–Crippen LogP) is 1.72. The van der Waals surface area contributed by atoms with Crippen molar-refractivity contribution in [1.82, 2.24) is 19.7 Å². The van der Waals surface area contributed by atoms with Gasteiger partial charge >= 0.3 is 0 Å². The zero-order chi connectivity index (χ0) is 13.9. The average Bonchev–Trinajstić information content (AvgIpc) is 3.06. The van der Waals surface area contributed by atoms with Crippen molar-refractivity contribution in [2.75, 3.05) is 5.32 Å². The molecule has 6 nitrogen and oxygen atoms in total. The Labute approximate surface area is 115 Å². The van der Waals surface area contributed by atoms with Crippen molar-refractivity contribution in [3.8, 4) is 11.3 Å². The topological polar surface area (TPSA) is 78.5 Å². The molecule has 0 saturated heterocycles. The lowest BCUT2D eigenvalue weighted by Gasteiger charge is -2.07. The predicted molar refractivity (Wildman–Crippen MR) is 77.4 cm³/mol. The lowest BCUT2D eigenvalue weighted by Crippen LogP contribution is -2.03. The Kier molecular flexibility index (Phi) is 3.12. The summed E-state index contributed by atoms with van der Waals surface area (Å²) in [4.78, 5) is 15.2. The van der Waals surface area contributed by atoms with Gasteiger partial charge in [0.25, 0.3) is 5.56 Å². The Hall–Kier alpha value is -2.76. The van der Waals surface area contributed by atoms with Gasteiger partial charge in [-0.3, -0.25) is 15.0 Å². The summed E-state index contributed by atoms with van der Waals surface area (Å²) >= 11 is 0. The molecule has 0 aliphatic carbocycles. The van der Waals surface area contributed by atoms with Crippen LogP contribution in [0.25, 0.3) is 11.3 Å². The highest BCUT2D eigenvalue weighted by molar-refractivity contribution is 5.62. The smallest absolute Gasteiger partial charge is 0.264 e. The van der Waals surface area contributed by atoms with Crippen LogP contribution >= 0.6 is 0 Å². The zero-order valence-electron chi connectivity index (χ0n) is 11.1. The van der Waals surface area contributed by atoms with Crippen molar-refractivity contribution in [3.63, 3.8) is 0 Å².